The van der Waals surface area contributed by atoms with Gasteiger partial charge in [0.2, 0.25) is 0 Å². The van der Waals surface area contributed by atoms with Crippen LogP contribution in [0.3, 0.4) is 0 Å². The Morgan fingerprint density at radius 2 is 2.20 bits per heavy atom. The number of benzene rings is 1. The van der Waals surface area contributed by atoms with Gasteiger partial charge in [0.15, 0.2) is 0 Å². The first kappa shape index (κ1) is 15.1. The number of piperidine rings is 1. The van der Waals surface area contributed by atoms with E-state index in [1.54, 1.807) is 0 Å². The highest BCUT2D eigenvalue weighted by Gasteiger charge is 2.17. The SMILES string of the molecule is CCCOCCOc1cccc(N2CCCC(N)C2)c1. The average Bonchev–Trinajstić information content (AvgIpc) is 2.47. The van der Waals surface area contributed by atoms with Crippen molar-refractivity contribution in [3.05, 3.63) is 24.3 Å². The van der Waals surface area contributed by atoms with Gasteiger partial charge in [0, 0.05) is 37.5 Å². The van der Waals surface area contributed by atoms with E-state index in [9.17, 15) is 0 Å². The molecular formula is C16H26N2O2. The lowest BCUT2D eigenvalue weighted by atomic mass is 10.1. The number of ether oxygens (including phenoxy) is 2. The van der Waals surface area contributed by atoms with Gasteiger partial charge in [-0.1, -0.05) is 13.0 Å². The molecule has 1 aliphatic rings. The second-order valence-corrected chi connectivity index (χ2v) is 5.31. The number of hydrogen-bond donors (Lipinski definition) is 1. The first-order chi connectivity index (χ1) is 9.79. The van der Waals surface area contributed by atoms with Gasteiger partial charge in [0.05, 0.1) is 6.61 Å². The molecule has 4 nitrogen and oxygen atoms in total. The number of hydrogen-bond acceptors (Lipinski definition) is 4. The Labute approximate surface area is 121 Å². The van der Waals surface area contributed by atoms with Crippen molar-refractivity contribution in [2.75, 3.05) is 37.8 Å². The largest absolute Gasteiger partial charge is 0.491 e. The van der Waals surface area contributed by atoms with E-state index in [4.69, 9.17) is 15.2 Å². The van der Waals surface area contributed by atoms with Crippen molar-refractivity contribution in [1.82, 2.24) is 0 Å². The number of nitrogens with zero attached hydrogens (tertiary/aromatic N) is 1. The summed E-state index contributed by atoms with van der Waals surface area (Å²) >= 11 is 0. The molecule has 2 rings (SSSR count). The molecule has 0 spiro atoms. The van der Waals surface area contributed by atoms with Gasteiger partial charge in [-0.05, 0) is 31.4 Å². The molecule has 0 aliphatic carbocycles. The Morgan fingerprint density at radius 3 is 3.00 bits per heavy atom. The molecule has 0 amide bonds. The maximum Gasteiger partial charge on any atom is 0.121 e. The Morgan fingerprint density at radius 1 is 1.30 bits per heavy atom. The Kier molecular flexibility index (Phi) is 6.15. The van der Waals surface area contributed by atoms with E-state index < -0.39 is 0 Å². The van der Waals surface area contributed by atoms with Gasteiger partial charge in [0.1, 0.15) is 12.4 Å². The van der Waals surface area contributed by atoms with E-state index in [0.717, 1.165) is 44.7 Å². The molecule has 0 bridgehead atoms. The monoisotopic (exact) mass is 278 g/mol. The average molecular weight is 278 g/mol. The molecule has 0 radical (unpaired) electrons. The molecule has 1 saturated heterocycles. The fourth-order valence-electron chi connectivity index (χ4n) is 2.48. The van der Waals surface area contributed by atoms with Crippen molar-refractivity contribution in [2.24, 2.45) is 5.73 Å². The normalized spacial score (nSPS) is 19.1. The van der Waals surface area contributed by atoms with Crippen LogP contribution in [0.1, 0.15) is 26.2 Å². The van der Waals surface area contributed by atoms with Crippen LogP contribution in [0, 0.1) is 0 Å². The molecule has 1 aliphatic heterocycles. The van der Waals surface area contributed by atoms with Crippen LogP contribution in [0.2, 0.25) is 0 Å². The number of rotatable bonds is 7. The molecule has 1 unspecified atom stereocenters. The van der Waals surface area contributed by atoms with Gasteiger partial charge in [-0.25, -0.2) is 0 Å². The smallest absolute Gasteiger partial charge is 0.121 e. The summed E-state index contributed by atoms with van der Waals surface area (Å²) < 4.78 is 11.1. The fraction of sp³-hybridized carbons (Fsp3) is 0.625. The summed E-state index contributed by atoms with van der Waals surface area (Å²) in [5.74, 6) is 0.904. The van der Waals surface area contributed by atoms with Crippen LogP contribution < -0.4 is 15.4 Å². The molecule has 112 valence electrons. The fourth-order valence-corrected chi connectivity index (χ4v) is 2.48. The lowest BCUT2D eigenvalue weighted by molar-refractivity contribution is 0.101. The summed E-state index contributed by atoms with van der Waals surface area (Å²) in [5, 5.41) is 0. The Bertz CT molecular complexity index is 398. The van der Waals surface area contributed by atoms with Gasteiger partial charge in [-0.15, -0.1) is 0 Å². The van der Waals surface area contributed by atoms with Gasteiger partial charge >= 0.3 is 0 Å². The molecule has 20 heavy (non-hydrogen) atoms. The van der Waals surface area contributed by atoms with Gasteiger partial charge in [-0.3, -0.25) is 0 Å². The zero-order chi connectivity index (χ0) is 14.2. The van der Waals surface area contributed by atoms with E-state index in [1.165, 1.54) is 5.69 Å². The first-order valence-electron chi connectivity index (χ1n) is 7.60. The Balaban J connectivity index is 1.84. The second-order valence-electron chi connectivity index (χ2n) is 5.31. The van der Waals surface area contributed by atoms with Crippen molar-refractivity contribution in [3.8, 4) is 5.75 Å². The van der Waals surface area contributed by atoms with Crippen LogP contribution in [0.4, 0.5) is 5.69 Å². The maximum absolute atomic E-state index is 6.04. The third-order valence-electron chi connectivity index (χ3n) is 3.49. The minimum Gasteiger partial charge on any atom is -0.491 e. The van der Waals surface area contributed by atoms with Crippen LogP contribution >= 0.6 is 0 Å². The third kappa shape index (κ3) is 4.69. The van der Waals surface area contributed by atoms with Crippen LogP contribution in [0.15, 0.2) is 24.3 Å². The molecule has 1 aromatic carbocycles. The van der Waals surface area contributed by atoms with Crippen molar-refractivity contribution in [1.29, 1.82) is 0 Å². The van der Waals surface area contributed by atoms with E-state index >= 15 is 0 Å². The van der Waals surface area contributed by atoms with Gasteiger partial charge in [-0.2, -0.15) is 0 Å². The van der Waals surface area contributed by atoms with Crippen molar-refractivity contribution < 1.29 is 9.47 Å². The van der Waals surface area contributed by atoms with Gasteiger partial charge < -0.3 is 20.1 Å². The van der Waals surface area contributed by atoms with E-state index in [2.05, 4.69) is 24.0 Å². The van der Waals surface area contributed by atoms with Crippen molar-refractivity contribution in [2.45, 2.75) is 32.2 Å². The molecule has 2 N–H and O–H groups in total. The summed E-state index contributed by atoms with van der Waals surface area (Å²) in [6, 6.07) is 8.54. The number of nitrogens with two attached hydrogens (primary N) is 1. The Hall–Kier alpha value is -1.26. The zero-order valence-electron chi connectivity index (χ0n) is 12.4. The molecule has 0 saturated carbocycles. The lowest BCUT2D eigenvalue weighted by Crippen LogP contribution is -2.42. The predicted octanol–water partition coefficient (Wildman–Crippen LogP) is 2.42. The van der Waals surface area contributed by atoms with E-state index in [0.29, 0.717) is 13.2 Å². The van der Waals surface area contributed by atoms with Crippen molar-refractivity contribution >= 4 is 5.69 Å². The highest BCUT2D eigenvalue weighted by atomic mass is 16.5. The first-order valence-corrected chi connectivity index (χ1v) is 7.60. The van der Waals surface area contributed by atoms with E-state index in [1.807, 2.05) is 12.1 Å². The van der Waals surface area contributed by atoms with Crippen molar-refractivity contribution in [3.63, 3.8) is 0 Å². The minimum atomic E-state index is 0.288. The third-order valence-corrected chi connectivity index (χ3v) is 3.49. The lowest BCUT2D eigenvalue weighted by Gasteiger charge is -2.32. The highest BCUT2D eigenvalue weighted by Crippen LogP contribution is 2.23. The van der Waals surface area contributed by atoms with Crippen LogP contribution in [0.25, 0.3) is 0 Å². The zero-order valence-corrected chi connectivity index (χ0v) is 12.4. The van der Waals surface area contributed by atoms with Gasteiger partial charge in [0.25, 0.3) is 0 Å². The summed E-state index contributed by atoms with van der Waals surface area (Å²) in [6.45, 7) is 6.16. The molecule has 0 aromatic heterocycles. The van der Waals surface area contributed by atoms with Crippen LogP contribution in [0.5, 0.6) is 5.75 Å². The van der Waals surface area contributed by atoms with E-state index in [-0.39, 0.29) is 6.04 Å². The molecular weight excluding hydrogens is 252 g/mol. The molecule has 1 heterocycles. The number of anilines is 1. The summed E-state index contributed by atoms with van der Waals surface area (Å²) in [6.07, 6.45) is 3.34. The molecule has 4 heteroatoms. The predicted molar refractivity (Wildman–Crippen MR) is 82.5 cm³/mol. The molecule has 1 fully saturated rings. The second kappa shape index (κ2) is 8.12. The topological polar surface area (TPSA) is 47.7 Å². The van der Waals surface area contributed by atoms with Crippen LogP contribution in [-0.2, 0) is 4.74 Å². The van der Waals surface area contributed by atoms with Crippen LogP contribution in [-0.4, -0.2) is 39.0 Å². The summed E-state index contributed by atoms with van der Waals surface area (Å²) in [7, 11) is 0. The maximum atomic E-state index is 6.04. The highest BCUT2D eigenvalue weighted by molar-refractivity contribution is 5.51. The quantitative estimate of drug-likeness (QED) is 0.778. The molecule has 1 aromatic rings. The standard InChI is InChI=1S/C16H26N2O2/c1-2-9-19-10-11-20-16-7-3-6-15(12-16)18-8-4-5-14(17)13-18/h3,6-7,12,14H,2,4-5,8-11,13,17H2,1H3. The minimum absolute atomic E-state index is 0.288. The molecule has 1 atom stereocenters. The summed E-state index contributed by atoms with van der Waals surface area (Å²) in [5.41, 5.74) is 7.24. The summed E-state index contributed by atoms with van der Waals surface area (Å²) in [4.78, 5) is 2.34.